The van der Waals surface area contributed by atoms with Gasteiger partial charge < -0.3 is 9.64 Å². The minimum absolute atomic E-state index is 0.111. The van der Waals surface area contributed by atoms with E-state index in [1.165, 1.54) is 0 Å². The van der Waals surface area contributed by atoms with E-state index in [1.54, 1.807) is 11.3 Å². The number of rotatable bonds is 6. The van der Waals surface area contributed by atoms with Crippen molar-refractivity contribution in [1.82, 2.24) is 9.88 Å². The lowest BCUT2D eigenvalue weighted by atomic mass is 10.2. The second-order valence-corrected chi connectivity index (χ2v) is 5.47. The van der Waals surface area contributed by atoms with E-state index in [0.29, 0.717) is 12.5 Å². The Kier molecular flexibility index (Phi) is 5.41. The molecule has 0 N–H and O–H groups in total. The highest BCUT2D eigenvalue weighted by molar-refractivity contribution is 7.09. The molecule has 1 fully saturated rings. The maximum Gasteiger partial charge on any atom is 0.248 e. The number of halogens is 1. The Morgan fingerprint density at radius 2 is 2.39 bits per heavy atom. The van der Waals surface area contributed by atoms with Gasteiger partial charge in [-0.15, -0.1) is 22.9 Å². The molecule has 1 aromatic heterocycles. The number of hydrogen-bond donors (Lipinski definition) is 0. The smallest absolute Gasteiger partial charge is 0.248 e. The Morgan fingerprint density at radius 1 is 1.50 bits per heavy atom. The molecule has 1 aliphatic rings. The van der Waals surface area contributed by atoms with E-state index in [4.69, 9.17) is 16.3 Å². The Bertz CT molecular complexity index is 397. The number of amides is 1. The molecule has 6 heteroatoms. The van der Waals surface area contributed by atoms with Crippen LogP contribution in [0.3, 0.4) is 0 Å². The SMILES string of the molecule is O=C1COCCN1CCCCc1nc(CCl)cs1. The van der Waals surface area contributed by atoms with E-state index in [2.05, 4.69) is 4.98 Å². The molecule has 0 bridgehead atoms. The van der Waals surface area contributed by atoms with Gasteiger partial charge in [0.1, 0.15) is 6.61 Å². The van der Waals surface area contributed by atoms with Crippen LogP contribution in [-0.4, -0.2) is 42.1 Å². The highest BCUT2D eigenvalue weighted by Gasteiger charge is 2.17. The van der Waals surface area contributed by atoms with Gasteiger partial charge in [-0.25, -0.2) is 4.98 Å². The predicted molar refractivity (Wildman–Crippen MR) is 72.0 cm³/mol. The van der Waals surface area contributed by atoms with Crippen LogP contribution in [0.5, 0.6) is 0 Å². The molecule has 18 heavy (non-hydrogen) atoms. The molecule has 0 aromatic carbocycles. The van der Waals surface area contributed by atoms with Crippen molar-refractivity contribution >= 4 is 28.8 Å². The van der Waals surface area contributed by atoms with Crippen LogP contribution < -0.4 is 0 Å². The summed E-state index contributed by atoms with van der Waals surface area (Å²) in [5, 5.41) is 3.15. The van der Waals surface area contributed by atoms with E-state index < -0.39 is 0 Å². The highest BCUT2D eigenvalue weighted by atomic mass is 35.5. The summed E-state index contributed by atoms with van der Waals surface area (Å²) in [4.78, 5) is 17.8. The Labute approximate surface area is 116 Å². The van der Waals surface area contributed by atoms with Crippen LogP contribution in [0.1, 0.15) is 23.5 Å². The zero-order chi connectivity index (χ0) is 12.8. The van der Waals surface area contributed by atoms with Gasteiger partial charge in [-0.1, -0.05) is 0 Å². The van der Waals surface area contributed by atoms with E-state index in [9.17, 15) is 4.79 Å². The summed E-state index contributed by atoms with van der Waals surface area (Å²) < 4.78 is 5.09. The van der Waals surface area contributed by atoms with Crippen LogP contribution in [0.15, 0.2) is 5.38 Å². The van der Waals surface area contributed by atoms with Crippen molar-refractivity contribution in [2.75, 3.05) is 26.3 Å². The highest BCUT2D eigenvalue weighted by Crippen LogP contribution is 2.14. The normalized spacial score (nSPS) is 16.3. The van der Waals surface area contributed by atoms with Crippen molar-refractivity contribution in [3.05, 3.63) is 16.1 Å². The number of morpholine rings is 1. The van der Waals surface area contributed by atoms with Crippen molar-refractivity contribution < 1.29 is 9.53 Å². The van der Waals surface area contributed by atoms with Crippen molar-refractivity contribution in [3.63, 3.8) is 0 Å². The molecule has 1 aliphatic heterocycles. The van der Waals surface area contributed by atoms with Gasteiger partial charge in [0, 0.05) is 18.5 Å². The first kappa shape index (κ1) is 13.8. The van der Waals surface area contributed by atoms with E-state index >= 15 is 0 Å². The third kappa shape index (κ3) is 3.93. The van der Waals surface area contributed by atoms with E-state index in [0.717, 1.165) is 43.1 Å². The number of aromatic nitrogens is 1. The number of carbonyl (C=O) groups excluding carboxylic acids is 1. The zero-order valence-electron chi connectivity index (χ0n) is 10.2. The minimum atomic E-state index is 0.111. The van der Waals surface area contributed by atoms with Crippen molar-refractivity contribution in [2.45, 2.75) is 25.1 Å². The van der Waals surface area contributed by atoms with Crippen LogP contribution in [-0.2, 0) is 21.8 Å². The Morgan fingerprint density at radius 3 is 3.11 bits per heavy atom. The molecule has 0 spiro atoms. The van der Waals surface area contributed by atoms with Gasteiger partial charge in [0.2, 0.25) is 5.91 Å². The molecular weight excluding hydrogens is 272 g/mol. The van der Waals surface area contributed by atoms with Crippen molar-refractivity contribution in [2.24, 2.45) is 0 Å². The zero-order valence-corrected chi connectivity index (χ0v) is 11.8. The molecule has 0 atom stereocenters. The number of nitrogens with zero attached hydrogens (tertiary/aromatic N) is 2. The molecule has 1 aromatic rings. The molecular formula is C12H17ClN2O2S. The van der Waals surface area contributed by atoms with Gasteiger partial charge in [-0.3, -0.25) is 4.79 Å². The van der Waals surface area contributed by atoms with Crippen molar-refractivity contribution in [1.29, 1.82) is 0 Å². The number of thiazole rings is 1. The average molecular weight is 289 g/mol. The summed E-state index contributed by atoms with van der Waals surface area (Å²) in [5.74, 6) is 0.596. The summed E-state index contributed by atoms with van der Waals surface area (Å²) in [6.07, 6.45) is 3.04. The third-order valence-electron chi connectivity index (χ3n) is 2.89. The fraction of sp³-hybridized carbons (Fsp3) is 0.667. The van der Waals surface area contributed by atoms with Crippen molar-refractivity contribution in [3.8, 4) is 0 Å². The molecule has 0 aliphatic carbocycles. The second kappa shape index (κ2) is 7.07. The number of unbranched alkanes of at least 4 members (excludes halogenated alkanes) is 1. The number of alkyl halides is 1. The lowest BCUT2D eigenvalue weighted by Crippen LogP contribution is -2.42. The molecule has 0 unspecified atom stereocenters. The fourth-order valence-electron chi connectivity index (χ4n) is 1.89. The Hall–Kier alpha value is -0.650. The summed E-state index contributed by atoms with van der Waals surface area (Å²) >= 11 is 7.37. The minimum Gasteiger partial charge on any atom is -0.370 e. The number of carbonyl (C=O) groups is 1. The molecule has 100 valence electrons. The lowest BCUT2D eigenvalue weighted by molar-refractivity contribution is -0.142. The number of hydrogen-bond acceptors (Lipinski definition) is 4. The van der Waals surface area contributed by atoms with Gasteiger partial charge in [0.15, 0.2) is 0 Å². The summed E-state index contributed by atoms with van der Waals surface area (Å²) in [6.45, 7) is 2.46. The maximum absolute atomic E-state index is 11.5. The van der Waals surface area contributed by atoms with E-state index in [-0.39, 0.29) is 12.5 Å². The summed E-state index contributed by atoms with van der Waals surface area (Å²) in [7, 11) is 0. The molecule has 1 amide bonds. The topological polar surface area (TPSA) is 42.4 Å². The first-order valence-electron chi connectivity index (χ1n) is 6.14. The van der Waals surface area contributed by atoms with Crippen LogP contribution >= 0.6 is 22.9 Å². The number of ether oxygens (including phenoxy) is 1. The molecule has 1 saturated heterocycles. The van der Waals surface area contributed by atoms with Gasteiger partial charge in [0.25, 0.3) is 0 Å². The van der Waals surface area contributed by atoms with Gasteiger partial charge in [-0.05, 0) is 19.3 Å². The first-order chi connectivity index (χ1) is 8.79. The van der Waals surface area contributed by atoms with Gasteiger partial charge in [-0.2, -0.15) is 0 Å². The fourth-order valence-corrected chi connectivity index (χ4v) is 2.96. The number of aryl methyl sites for hydroxylation is 1. The summed E-state index contributed by atoms with van der Waals surface area (Å²) in [6, 6.07) is 0. The average Bonchev–Trinajstić information content (AvgIpc) is 2.84. The standard InChI is InChI=1S/C12H17ClN2O2S/c13-7-10-9-18-11(14-10)3-1-2-4-15-5-6-17-8-12(15)16/h9H,1-8H2. The van der Waals surface area contributed by atoms with Crippen LogP contribution in [0.4, 0.5) is 0 Å². The summed E-state index contributed by atoms with van der Waals surface area (Å²) in [5.41, 5.74) is 0.958. The first-order valence-corrected chi connectivity index (χ1v) is 7.56. The molecule has 0 radical (unpaired) electrons. The third-order valence-corrected chi connectivity index (χ3v) is 4.12. The maximum atomic E-state index is 11.5. The second-order valence-electron chi connectivity index (χ2n) is 4.26. The van der Waals surface area contributed by atoms with Crippen LogP contribution in [0.2, 0.25) is 0 Å². The molecule has 0 saturated carbocycles. The van der Waals surface area contributed by atoms with E-state index in [1.807, 2.05) is 10.3 Å². The quantitative estimate of drug-likeness (QED) is 0.594. The molecule has 2 heterocycles. The van der Waals surface area contributed by atoms with Crippen LogP contribution in [0, 0.1) is 0 Å². The monoisotopic (exact) mass is 288 g/mol. The Balaban J connectivity index is 1.64. The molecule has 2 rings (SSSR count). The van der Waals surface area contributed by atoms with Gasteiger partial charge in [0.05, 0.1) is 23.2 Å². The largest absolute Gasteiger partial charge is 0.370 e. The van der Waals surface area contributed by atoms with Gasteiger partial charge >= 0.3 is 0 Å². The molecule has 4 nitrogen and oxygen atoms in total. The lowest BCUT2D eigenvalue weighted by Gasteiger charge is -2.26. The predicted octanol–water partition coefficient (Wildman–Crippen LogP) is 2.06. The van der Waals surface area contributed by atoms with Crippen LogP contribution in [0.25, 0.3) is 0 Å².